The lowest BCUT2D eigenvalue weighted by atomic mass is 10.1. The molecule has 0 aliphatic carbocycles. The van der Waals surface area contributed by atoms with Gasteiger partial charge in [0.1, 0.15) is 0 Å². The first kappa shape index (κ1) is 23.5. The predicted octanol–water partition coefficient (Wildman–Crippen LogP) is 4.04. The zero-order chi connectivity index (χ0) is 23.3. The monoisotopic (exact) mass is 452 g/mol. The van der Waals surface area contributed by atoms with E-state index in [9.17, 15) is 14.4 Å². The second-order valence-corrected chi connectivity index (χ2v) is 9.07. The summed E-state index contributed by atoms with van der Waals surface area (Å²) in [6, 6.07) is 14.1. The molecule has 3 rings (SSSR count). The van der Waals surface area contributed by atoms with Crippen molar-refractivity contribution in [2.24, 2.45) is 11.7 Å². The third kappa shape index (κ3) is 5.37. The van der Waals surface area contributed by atoms with Gasteiger partial charge in [0.2, 0.25) is 5.91 Å². The SMILES string of the molecule is CCCCc1ccc(-n2c(SC(C(=O)NC(N)=O)C(C)C)nc3ccccc3c2=O)cc1. The third-order valence-electron chi connectivity index (χ3n) is 5.10. The second kappa shape index (κ2) is 10.5. The summed E-state index contributed by atoms with van der Waals surface area (Å²) >= 11 is 1.15. The number of fused-ring (bicyclic) bond motifs is 1. The number of hydrogen-bond donors (Lipinski definition) is 2. The smallest absolute Gasteiger partial charge is 0.318 e. The number of para-hydroxylation sites is 1. The fourth-order valence-electron chi connectivity index (χ4n) is 3.41. The van der Waals surface area contributed by atoms with Crippen molar-refractivity contribution in [3.63, 3.8) is 0 Å². The molecule has 0 fully saturated rings. The van der Waals surface area contributed by atoms with E-state index in [1.54, 1.807) is 18.2 Å². The highest BCUT2D eigenvalue weighted by atomic mass is 32.2. The Labute approximate surface area is 191 Å². The van der Waals surface area contributed by atoms with Gasteiger partial charge in [-0.05, 0) is 48.6 Å². The molecular formula is C24H28N4O3S. The van der Waals surface area contributed by atoms with Crippen LogP contribution in [0.1, 0.15) is 39.2 Å². The molecule has 3 aromatic rings. The van der Waals surface area contributed by atoms with Gasteiger partial charge in [-0.25, -0.2) is 9.78 Å². The number of hydrogen-bond acceptors (Lipinski definition) is 5. The maximum absolute atomic E-state index is 13.4. The van der Waals surface area contributed by atoms with Crippen LogP contribution < -0.4 is 16.6 Å². The van der Waals surface area contributed by atoms with Crippen LogP contribution in [-0.2, 0) is 11.2 Å². The molecule has 1 heterocycles. The Morgan fingerprint density at radius 1 is 1.12 bits per heavy atom. The fraction of sp³-hybridized carbons (Fsp3) is 0.333. The first-order valence-electron chi connectivity index (χ1n) is 10.7. The molecule has 3 amide bonds. The number of imide groups is 1. The quantitative estimate of drug-likeness (QED) is 0.396. The number of carbonyl (C=O) groups is 2. The standard InChI is InChI=1S/C24H28N4O3S/c1-4-5-8-16-11-13-17(14-12-16)28-22(30)18-9-6-7-10-19(18)26-24(28)32-20(15(2)3)21(29)27-23(25)31/h6-7,9-15,20H,4-5,8H2,1-3H3,(H3,25,27,29,31). The number of aromatic nitrogens is 2. The minimum Gasteiger partial charge on any atom is -0.351 e. The highest BCUT2D eigenvalue weighted by molar-refractivity contribution is 8.00. The number of unbranched alkanes of at least 4 members (excludes halogenated alkanes) is 1. The molecule has 1 unspecified atom stereocenters. The molecule has 1 atom stereocenters. The Hall–Kier alpha value is -3.13. The van der Waals surface area contributed by atoms with Crippen molar-refractivity contribution in [1.29, 1.82) is 0 Å². The topological polar surface area (TPSA) is 107 Å². The molecule has 1 aromatic heterocycles. The number of carbonyl (C=O) groups excluding carboxylic acids is 2. The molecule has 0 aliphatic heterocycles. The van der Waals surface area contributed by atoms with Gasteiger partial charge in [0.15, 0.2) is 5.16 Å². The molecule has 32 heavy (non-hydrogen) atoms. The van der Waals surface area contributed by atoms with Gasteiger partial charge in [0, 0.05) is 0 Å². The van der Waals surface area contributed by atoms with E-state index < -0.39 is 17.2 Å². The van der Waals surface area contributed by atoms with Crippen molar-refractivity contribution in [3.05, 3.63) is 64.4 Å². The van der Waals surface area contributed by atoms with Crippen molar-refractivity contribution in [2.75, 3.05) is 0 Å². The van der Waals surface area contributed by atoms with E-state index in [1.165, 1.54) is 10.1 Å². The van der Waals surface area contributed by atoms with Gasteiger partial charge in [-0.15, -0.1) is 0 Å². The van der Waals surface area contributed by atoms with Crippen LogP contribution in [-0.4, -0.2) is 26.7 Å². The summed E-state index contributed by atoms with van der Waals surface area (Å²) in [5.41, 5.74) is 7.36. The zero-order valence-electron chi connectivity index (χ0n) is 18.5. The lowest BCUT2D eigenvalue weighted by molar-refractivity contribution is -0.120. The highest BCUT2D eigenvalue weighted by Crippen LogP contribution is 2.29. The lowest BCUT2D eigenvalue weighted by Gasteiger charge is -2.21. The van der Waals surface area contributed by atoms with Crippen LogP contribution in [0.25, 0.3) is 16.6 Å². The lowest BCUT2D eigenvalue weighted by Crippen LogP contribution is -2.42. The Morgan fingerprint density at radius 2 is 1.81 bits per heavy atom. The Bertz CT molecular complexity index is 1170. The summed E-state index contributed by atoms with van der Waals surface area (Å²) in [4.78, 5) is 42.0. The molecular weight excluding hydrogens is 424 g/mol. The van der Waals surface area contributed by atoms with E-state index in [4.69, 9.17) is 10.7 Å². The number of aryl methyl sites for hydroxylation is 1. The van der Waals surface area contributed by atoms with Crippen molar-refractivity contribution in [3.8, 4) is 5.69 Å². The van der Waals surface area contributed by atoms with Gasteiger partial charge in [-0.2, -0.15) is 0 Å². The molecule has 0 bridgehead atoms. The summed E-state index contributed by atoms with van der Waals surface area (Å²) < 4.78 is 1.53. The first-order valence-corrected chi connectivity index (χ1v) is 11.6. The number of benzene rings is 2. The minimum absolute atomic E-state index is 0.132. The number of nitrogens with zero attached hydrogens (tertiary/aromatic N) is 2. The van der Waals surface area contributed by atoms with Gasteiger partial charge >= 0.3 is 6.03 Å². The molecule has 0 spiro atoms. The first-order chi connectivity index (χ1) is 15.3. The van der Waals surface area contributed by atoms with Crippen molar-refractivity contribution >= 4 is 34.6 Å². The molecule has 3 N–H and O–H groups in total. The fourth-order valence-corrected chi connectivity index (χ4v) is 4.52. The normalized spacial score (nSPS) is 12.1. The predicted molar refractivity (Wildman–Crippen MR) is 128 cm³/mol. The zero-order valence-corrected chi connectivity index (χ0v) is 19.3. The summed E-state index contributed by atoms with van der Waals surface area (Å²) in [5.74, 6) is -0.644. The number of amides is 3. The van der Waals surface area contributed by atoms with Crippen molar-refractivity contribution < 1.29 is 9.59 Å². The van der Waals surface area contributed by atoms with Gasteiger partial charge < -0.3 is 5.73 Å². The molecule has 0 aliphatic rings. The Kier molecular flexibility index (Phi) is 7.69. The number of thioether (sulfide) groups is 1. The van der Waals surface area contributed by atoms with Crippen LogP contribution in [0.15, 0.2) is 58.5 Å². The molecule has 0 saturated carbocycles. The maximum atomic E-state index is 13.4. The third-order valence-corrected chi connectivity index (χ3v) is 6.60. The molecule has 8 heteroatoms. The molecule has 168 valence electrons. The Morgan fingerprint density at radius 3 is 2.44 bits per heavy atom. The number of nitrogens with two attached hydrogens (primary N) is 1. The van der Waals surface area contributed by atoms with Crippen LogP contribution in [0.5, 0.6) is 0 Å². The summed E-state index contributed by atoms with van der Waals surface area (Å²) in [6.07, 6.45) is 3.19. The van der Waals surface area contributed by atoms with E-state index in [-0.39, 0.29) is 11.5 Å². The van der Waals surface area contributed by atoms with E-state index >= 15 is 0 Å². The summed E-state index contributed by atoms with van der Waals surface area (Å²) in [6.45, 7) is 5.88. The molecule has 2 aromatic carbocycles. The van der Waals surface area contributed by atoms with Crippen molar-refractivity contribution in [2.45, 2.75) is 50.4 Å². The second-order valence-electron chi connectivity index (χ2n) is 7.96. The average Bonchev–Trinajstić information content (AvgIpc) is 2.76. The molecule has 7 nitrogen and oxygen atoms in total. The Balaban J connectivity index is 2.11. The van der Waals surface area contributed by atoms with E-state index in [2.05, 4.69) is 12.2 Å². The van der Waals surface area contributed by atoms with Gasteiger partial charge in [-0.1, -0.05) is 63.2 Å². The minimum atomic E-state index is -0.909. The summed E-state index contributed by atoms with van der Waals surface area (Å²) in [7, 11) is 0. The van der Waals surface area contributed by atoms with Gasteiger partial charge in [0.25, 0.3) is 5.56 Å². The van der Waals surface area contributed by atoms with Crippen LogP contribution in [0.2, 0.25) is 0 Å². The van der Waals surface area contributed by atoms with E-state index in [0.29, 0.717) is 21.7 Å². The molecule has 0 radical (unpaired) electrons. The molecule has 0 saturated heterocycles. The maximum Gasteiger partial charge on any atom is 0.318 e. The largest absolute Gasteiger partial charge is 0.351 e. The number of rotatable bonds is 8. The van der Waals surface area contributed by atoms with Crippen LogP contribution >= 0.6 is 11.8 Å². The summed E-state index contributed by atoms with van der Waals surface area (Å²) in [5, 5.41) is 2.36. The van der Waals surface area contributed by atoms with Crippen LogP contribution in [0.3, 0.4) is 0 Å². The average molecular weight is 453 g/mol. The van der Waals surface area contributed by atoms with Crippen molar-refractivity contribution in [1.82, 2.24) is 14.9 Å². The van der Waals surface area contributed by atoms with Gasteiger partial charge in [0.05, 0.1) is 21.8 Å². The highest BCUT2D eigenvalue weighted by Gasteiger charge is 2.27. The van der Waals surface area contributed by atoms with Crippen LogP contribution in [0, 0.1) is 5.92 Å². The van der Waals surface area contributed by atoms with Gasteiger partial charge in [-0.3, -0.25) is 19.5 Å². The van der Waals surface area contributed by atoms with E-state index in [1.807, 2.05) is 44.2 Å². The van der Waals surface area contributed by atoms with Crippen LogP contribution in [0.4, 0.5) is 4.79 Å². The number of primary amides is 1. The number of urea groups is 1. The number of nitrogens with one attached hydrogen (secondary N) is 1. The van der Waals surface area contributed by atoms with E-state index in [0.717, 1.165) is 31.0 Å².